The van der Waals surface area contributed by atoms with Crippen molar-refractivity contribution >= 4 is 46.2 Å². The quantitative estimate of drug-likeness (QED) is 0.631. The standard InChI is InChI=1S/C20H18N2O2S2/c1-13(2)15-10-8-14(9-11-15)12-17-19(24)22(20(25)26-17)21-18(23)16-6-4-3-5-7-16/h3-13H,1-2H3,(H,21,23)/b17-12-. The zero-order chi connectivity index (χ0) is 18.7. The first-order valence-corrected chi connectivity index (χ1v) is 9.42. The molecule has 0 aliphatic carbocycles. The molecule has 2 aromatic carbocycles. The first-order chi connectivity index (χ1) is 12.5. The van der Waals surface area contributed by atoms with Crippen LogP contribution in [-0.4, -0.2) is 21.1 Å². The van der Waals surface area contributed by atoms with Gasteiger partial charge in [-0.05, 0) is 47.5 Å². The Balaban J connectivity index is 1.75. The van der Waals surface area contributed by atoms with E-state index in [1.807, 2.05) is 18.2 Å². The van der Waals surface area contributed by atoms with Gasteiger partial charge in [0.05, 0.1) is 4.91 Å². The Kier molecular flexibility index (Phi) is 5.54. The number of carbonyl (C=O) groups excluding carboxylic acids is 2. The van der Waals surface area contributed by atoms with Crippen molar-refractivity contribution in [1.29, 1.82) is 0 Å². The molecule has 2 aromatic rings. The summed E-state index contributed by atoms with van der Waals surface area (Å²) in [7, 11) is 0. The second-order valence-corrected chi connectivity index (χ2v) is 7.82. The lowest BCUT2D eigenvalue weighted by Crippen LogP contribution is -2.44. The highest BCUT2D eigenvalue weighted by molar-refractivity contribution is 8.26. The summed E-state index contributed by atoms with van der Waals surface area (Å²) in [5.41, 5.74) is 5.21. The summed E-state index contributed by atoms with van der Waals surface area (Å²) in [6, 6.07) is 16.8. The molecule has 2 amide bonds. The summed E-state index contributed by atoms with van der Waals surface area (Å²) in [6.45, 7) is 4.27. The maximum Gasteiger partial charge on any atom is 0.285 e. The van der Waals surface area contributed by atoms with Crippen molar-refractivity contribution in [2.45, 2.75) is 19.8 Å². The number of nitrogens with zero attached hydrogens (tertiary/aromatic N) is 1. The predicted octanol–water partition coefficient (Wildman–Crippen LogP) is 4.36. The maximum atomic E-state index is 12.6. The lowest BCUT2D eigenvalue weighted by atomic mass is 10.0. The van der Waals surface area contributed by atoms with Gasteiger partial charge in [0, 0.05) is 5.56 Å². The first-order valence-electron chi connectivity index (χ1n) is 8.19. The van der Waals surface area contributed by atoms with Crippen LogP contribution in [-0.2, 0) is 4.79 Å². The van der Waals surface area contributed by atoms with Crippen LogP contribution in [0.15, 0.2) is 59.5 Å². The second kappa shape index (κ2) is 7.85. The number of thiocarbonyl (C=S) groups is 1. The van der Waals surface area contributed by atoms with E-state index in [9.17, 15) is 9.59 Å². The van der Waals surface area contributed by atoms with Gasteiger partial charge in [0.1, 0.15) is 0 Å². The van der Waals surface area contributed by atoms with Crippen molar-refractivity contribution in [1.82, 2.24) is 10.4 Å². The Morgan fingerprint density at radius 1 is 1.12 bits per heavy atom. The Morgan fingerprint density at radius 3 is 2.38 bits per heavy atom. The molecule has 1 aliphatic rings. The number of amides is 2. The predicted molar refractivity (Wildman–Crippen MR) is 109 cm³/mol. The van der Waals surface area contributed by atoms with E-state index < -0.39 is 0 Å². The van der Waals surface area contributed by atoms with E-state index in [4.69, 9.17) is 12.2 Å². The number of rotatable bonds is 4. The third kappa shape index (κ3) is 4.03. The highest BCUT2D eigenvalue weighted by Crippen LogP contribution is 2.31. The SMILES string of the molecule is CC(C)c1ccc(/C=C2\SC(=S)N(NC(=O)c3ccccc3)C2=O)cc1. The minimum absolute atomic E-state index is 0.310. The van der Waals surface area contributed by atoms with Crippen molar-refractivity contribution in [3.8, 4) is 0 Å². The summed E-state index contributed by atoms with van der Waals surface area (Å²) < 4.78 is 0.310. The molecule has 1 saturated heterocycles. The number of benzene rings is 2. The van der Waals surface area contributed by atoms with E-state index in [0.717, 1.165) is 10.6 Å². The van der Waals surface area contributed by atoms with Crippen LogP contribution in [0.25, 0.3) is 6.08 Å². The van der Waals surface area contributed by atoms with Gasteiger partial charge in [-0.15, -0.1) is 0 Å². The van der Waals surface area contributed by atoms with E-state index in [1.54, 1.807) is 30.3 Å². The van der Waals surface area contributed by atoms with Gasteiger partial charge < -0.3 is 0 Å². The third-order valence-electron chi connectivity index (χ3n) is 3.94. The van der Waals surface area contributed by atoms with Gasteiger partial charge in [-0.25, -0.2) is 0 Å². The third-order valence-corrected chi connectivity index (χ3v) is 5.25. The van der Waals surface area contributed by atoms with E-state index in [-0.39, 0.29) is 11.8 Å². The molecular formula is C20H18N2O2S2. The normalized spacial score (nSPS) is 15.8. The molecule has 26 heavy (non-hydrogen) atoms. The van der Waals surface area contributed by atoms with Crippen molar-refractivity contribution in [3.05, 3.63) is 76.2 Å². The van der Waals surface area contributed by atoms with Crippen LogP contribution < -0.4 is 5.43 Å². The average Bonchev–Trinajstić information content (AvgIpc) is 2.90. The number of hydrogen-bond acceptors (Lipinski definition) is 4. The van der Waals surface area contributed by atoms with E-state index in [2.05, 4.69) is 31.4 Å². The zero-order valence-corrected chi connectivity index (χ0v) is 16.1. The van der Waals surface area contributed by atoms with Crippen LogP contribution in [0.2, 0.25) is 0 Å². The topological polar surface area (TPSA) is 49.4 Å². The Labute approximate surface area is 162 Å². The molecule has 0 radical (unpaired) electrons. The Bertz CT molecular complexity index is 874. The zero-order valence-electron chi connectivity index (χ0n) is 14.4. The second-order valence-electron chi connectivity index (χ2n) is 6.15. The van der Waals surface area contributed by atoms with Gasteiger partial charge in [-0.2, -0.15) is 5.01 Å². The molecular weight excluding hydrogens is 364 g/mol. The smallest absolute Gasteiger partial charge is 0.267 e. The molecule has 6 heteroatoms. The molecule has 0 bridgehead atoms. The lowest BCUT2D eigenvalue weighted by molar-refractivity contribution is -0.123. The minimum atomic E-state index is -0.371. The van der Waals surface area contributed by atoms with Crippen LogP contribution in [0.4, 0.5) is 0 Å². The molecule has 0 spiro atoms. The fraction of sp³-hybridized carbons (Fsp3) is 0.150. The lowest BCUT2D eigenvalue weighted by Gasteiger charge is -2.15. The van der Waals surface area contributed by atoms with Crippen molar-refractivity contribution in [3.63, 3.8) is 0 Å². The molecule has 0 saturated carbocycles. The molecule has 1 fully saturated rings. The van der Waals surface area contributed by atoms with Crippen LogP contribution in [0.5, 0.6) is 0 Å². The van der Waals surface area contributed by atoms with Crippen molar-refractivity contribution in [2.75, 3.05) is 0 Å². The molecule has 1 N–H and O–H groups in total. The molecule has 0 atom stereocenters. The van der Waals surface area contributed by atoms with Crippen LogP contribution in [0.1, 0.15) is 41.3 Å². The fourth-order valence-electron chi connectivity index (χ4n) is 2.45. The van der Waals surface area contributed by atoms with Crippen LogP contribution in [0.3, 0.4) is 0 Å². The number of nitrogens with one attached hydrogen (secondary N) is 1. The van der Waals surface area contributed by atoms with Gasteiger partial charge in [0.2, 0.25) is 0 Å². The molecule has 0 unspecified atom stereocenters. The van der Waals surface area contributed by atoms with E-state index in [1.165, 1.54) is 17.3 Å². The van der Waals surface area contributed by atoms with Gasteiger partial charge in [-0.1, -0.05) is 68.1 Å². The van der Waals surface area contributed by atoms with Gasteiger partial charge in [-0.3, -0.25) is 15.0 Å². The monoisotopic (exact) mass is 382 g/mol. The summed E-state index contributed by atoms with van der Waals surface area (Å²) in [6.07, 6.45) is 1.79. The molecule has 0 aromatic heterocycles. The average molecular weight is 383 g/mol. The van der Waals surface area contributed by atoms with E-state index in [0.29, 0.717) is 20.7 Å². The van der Waals surface area contributed by atoms with Crippen LogP contribution in [0, 0.1) is 0 Å². The molecule has 4 nitrogen and oxygen atoms in total. The number of carbonyl (C=O) groups is 2. The summed E-state index contributed by atoms with van der Waals surface area (Å²) in [5, 5.41) is 1.13. The van der Waals surface area contributed by atoms with Gasteiger partial charge in [0.25, 0.3) is 11.8 Å². The van der Waals surface area contributed by atoms with Gasteiger partial charge in [0.15, 0.2) is 4.32 Å². The molecule has 3 rings (SSSR count). The van der Waals surface area contributed by atoms with Crippen LogP contribution >= 0.6 is 24.0 Å². The largest absolute Gasteiger partial charge is 0.285 e. The summed E-state index contributed by atoms with van der Waals surface area (Å²) >= 11 is 6.43. The van der Waals surface area contributed by atoms with Crippen molar-refractivity contribution in [2.24, 2.45) is 0 Å². The molecule has 1 aliphatic heterocycles. The fourth-order valence-corrected chi connectivity index (χ4v) is 3.63. The number of hydrazine groups is 1. The first kappa shape index (κ1) is 18.4. The Hall–Kier alpha value is -2.44. The van der Waals surface area contributed by atoms with Gasteiger partial charge >= 0.3 is 0 Å². The highest BCUT2D eigenvalue weighted by Gasteiger charge is 2.33. The number of thioether (sulfide) groups is 1. The summed E-state index contributed by atoms with van der Waals surface area (Å²) in [5.74, 6) is -0.239. The Morgan fingerprint density at radius 2 is 1.77 bits per heavy atom. The number of hydrogen-bond donors (Lipinski definition) is 1. The maximum absolute atomic E-state index is 12.6. The highest BCUT2D eigenvalue weighted by atomic mass is 32.2. The molecule has 132 valence electrons. The van der Waals surface area contributed by atoms with Crippen molar-refractivity contribution < 1.29 is 9.59 Å². The minimum Gasteiger partial charge on any atom is -0.267 e. The summed E-state index contributed by atoms with van der Waals surface area (Å²) in [4.78, 5) is 25.3. The molecule has 1 heterocycles. The van der Waals surface area contributed by atoms with E-state index >= 15 is 0 Å².